The monoisotopic (exact) mass is 573 g/mol. The first-order valence-electron chi connectivity index (χ1n) is 13.2. The van der Waals surface area contributed by atoms with E-state index in [1.165, 1.54) is 11.8 Å². The minimum atomic E-state index is -0.810. The maximum atomic E-state index is 13.8. The van der Waals surface area contributed by atoms with Crippen molar-refractivity contribution in [1.29, 1.82) is 0 Å². The van der Waals surface area contributed by atoms with Crippen LogP contribution in [0.4, 0.5) is 10.5 Å². The average molecular weight is 574 g/mol. The van der Waals surface area contributed by atoms with E-state index >= 15 is 0 Å². The number of carbonyl (C=O) groups is 3. The van der Waals surface area contributed by atoms with Gasteiger partial charge in [0.2, 0.25) is 0 Å². The smallest absolute Gasteiger partial charge is 0.408 e. The normalized spacial score (nSPS) is 19.1. The number of thioether (sulfide) groups is 1. The van der Waals surface area contributed by atoms with Gasteiger partial charge in [0, 0.05) is 40.5 Å². The molecule has 0 radical (unpaired) electrons. The van der Waals surface area contributed by atoms with Gasteiger partial charge in [0.25, 0.3) is 11.8 Å². The predicted molar refractivity (Wildman–Crippen MR) is 153 cm³/mol. The molecule has 0 bridgehead atoms. The zero-order chi connectivity index (χ0) is 28.2. The minimum Gasteiger partial charge on any atom is -0.444 e. The van der Waals surface area contributed by atoms with Crippen LogP contribution in [-0.2, 0) is 20.8 Å². The van der Waals surface area contributed by atoms with Crippen molar-refractivity contribution in [2.24, 2.45) is 5.92 Å². The third-order valence-electron chi connectivity index (χ3n) is 6.76. The van der Waals surface area contributed by atoms with Gasteiger partial charge in [0.05, 0.1) is 12.2 Å². The highest BCUT2D eigenvalue weighted by atomic mass is 35.5. The lowest BCUT2D eigenvalue weighted by Crippen LogP contribution is -2.50. The summed E-state index contributed by atoms with van der Waals surface area (Å²) in [6, 6.07) is 11.9. The van der Waals surface area contributed by atoms with Crippen molar-refractivity contribution in [2.75, 3.05) is 23.9 Å². The Balaban J connectivity index is 1.60. The van der Waals surface area contributed by atoms with Crippen LogP contribution in [0.1, 0.15) is 56.5 Å². The van der Waals surface area contributed by atoms with Gasteiger partial charge < -0.3 is 25.0 Å². The summed E-state index contributed by atoms with van der Waals surface area (Å²) in [7, 11) is 0. The standard InChI is InChI=1S/C29H36ClN3O5S/c1-18(20-11-13-37-14-12-20)31-26(34)21-7-10-25-24(15-21)33(16-19-5-8-22(30)9-6-19)27(35)23(17-39-25)32-28(36)38-29(2,3)4/h5-10,15,18,20,23H,11-14,16-17H2,1-4H3,(H,31,34)(H,32,36)/t18?,23-/m0/s1. The molecule has 0 spiro atoms. The maximum Gasteiger partial charge on any atom is 0.408 e. The lowest BCUT2D eigenvalue weighted by molar-refractivity contribution is -0.120. The zero-order valence-corrected chi connectivity index (χ0v) is 24.4. The number of fused-ring (bicyclic) bond motifs is 1. The number of hydrogen-bond acceptors (Lipinski definition) is 6. The van der Waals surface area contributed by atoms with Crippen molar-refractivity contribution in [3.8, 4) is 0 Å². The van der Waals surface area contributed by atoms with Gasteiger partial charge in [-0.05, 0) is 82.3 Å². The Hall–Kier alpha value is -2.75. The van der Waals surface area contributed by atoms with Crippen molar-refractivity contribution in [3.05, 3.63) is 58.6 Å². The van der Waals surface area contributed by atoms with Crippen LogP contribution in [0, 0.1) is 5.92 Å². The molecular formula is C29H36ClN3O5S. The summed E-state index contributed by atoms with van der Waals surface area (Å²) in [6.07, 6.45) is 1.18. The summed E-state index contributed by atoms with van der Waals surface area (Å²) >= 11 is 7.54. The lowest BCUT2D eigenvalue weighted by Gasteiger charge is -2.29. The largest absolute Gasteiger partial charge is 0.444 e. The Morgan fingerprint density at radius 2 is 1.85 bits per heavy atom. The molecule has 2 N–H and O–H groups in total. The number of nitrogens with one attached hydrogen (secondary N) is 2. The average Bonchev–Trinajstić information content (AvgIpc) is 3.01. The van der Waals surface area contributed by atoms with Crippen molar-refractivity contribution in [1.82, 2.24) is 10.6 Å². The SMILES string of the molecule is CC(NC(=O)c1ccc2c(c1)N(Cc1ccc(Cl)cc1)C(=O)[C@@H](NC(=O)OC(C)(C)C)CS2)C1CCOCC1. The molecule has 2 aliphatic rings. The van der Waals surface area contributed by atoms with Gasteiger partial charge in [-0.1, -0.05) is 23.7 Å². The van der Waals surface area contributed by atoms with Gasteiger partial charge in [0.1, 0.15) is 11.6 Å². The first kappa shape index (κ1) is 29.2. The van der Waals surface area contributed by atoms with Crippen LogP contribution in [0.5, 0.6) is 0 Å². The second-order valence-electron chi connectivity index (χ2n) is 11.0. The predicted octanol–water partition coefficient (Wildman–Crippen LogP) is 5.42. The van der Waals surface area contributed by atoms with E-state index in [2.05, 4.69) is 10.6 Å². The number of anilines is 1. The van der Waals surface area contributed by atoms with Gasteiger partial charge in [-0.15, -0.1) is 11.8 Å². The van der Waals surface area contributed by atoms with E-state index < -0.39 is 17.7 Å². The second-order valence-corrected chi connectivity index (χ2v) is 12.5. The molecule has 2 aliphatic heterocycles. The summed E-state index contributed by atoms with van der Waals surface area (Å²) in [6.45, 7) is 9.01. The van der Waals surface area contributed by atoms with Crippen LogP contribution in [0.3, 0.4) is 0 Å². The van der Waals surface area contributed by atoms with E-state index in [-0.39, 0.29) is 24.4 Å². The van der Waals surface area contributed by atoms with Crippen molar-refractivity contribution >= 4 is 47.0 Å². The number of benzene rings is 2. The maximum absolute atomic E-state index is 13.8. The fourth-order valence-electron chi connectivity index (χ4n) is 4.66. The molecular weight excluding hydrogens is 538 g/mol. The minimum absolute atomic E-state index is 0.00352. The highest BCUT2D eigenvalue weighted by molar-refractivity contribution is 7.99. The van der Waals surface area contributed by atoms with Gasteiger partial charge in [-0.3, -0.25) is 9.59 Å². The number of ether oxygens (including phenoxy) is 2. The molecule has 3 amide bonds. The van der Waals surface area contributed by atoms with Crippen molar-refractivity contribution < 1.29 is 23.9 Å². The number of rotatable bonds is 6. The van der Waals surface area contributed by atoms with E-state index in [1.54, 1.807) is 49.9 Å². The van der Waals surface area contributed by atoms with E-state index in [0.717, 1.165) is 23.3 Å². The molecule has 1 unspecified atom stereocenters. The van der Waals surface area contributed by atoms with E-state index in [1.807, 2.05) is 25.1 Å². The highest BCUT2D eigenvalue weighted by Crippen LogP contribution is 2.36. The molecule has 0 saturated carbocycles. The Kier molecular flexibility index (Phi) is 9.46. The van der Waals surface area contributed by atoms with E-state index in [4.69, 9.17) is 21.1 Å². The Bertz CT molecular complexity index is 1190. The summed E-state index contributed by atoms with van der Waals surface area (Å²) < 4.78 is 10.9. The molecule has 1 saturated heterocycles. The topological polar surface area (TPSA) is 97.0 Å². The van der Waals surface area contributed by atoms with E-state index in [9.17, 15) is 14.4 Å². The molecule has 10 heteroatoms. The molecule has 2 atom stereocenters. The summed E-state index contributed by atoms with van der Waals surface area (Å²) in [5.41, 5.74) is 1.27. The first-order valence-corrected chi connectivity index (χ1v) is 14.6. The summed E-state index contributed by atoms with van der Waals surface area (Å²) in [5, 5.41) is 6.47. The van der Waals surface area contributed by atoms with Crippen LogP contribution in [0.15, 0.2) is 47.4 Å². The third kappa shape index (κ3) is 7.90. The first-order chi connectivity index (χ1) is 18.5. The number of hydrogen-bond donors (Lipinski definition) is 2. The zero-order valence-electron chi connectivity index (χ0n) is 22.8. The summed E-state index contributed by atoms with van der Waals surface area (Å²) in [5.74, 6) is 0.222. The fourth-order valence-corrected chi connectivity index (χ4v) is 5.83. The quantitative estimate of drug-likeness (QED) is 0.479. The Labute approximate surface area is 239 Å². The number of carbonyl (C=O) groups excluding carboxylic acids is 3. The molecule has 8 nitrogen and oxygen atoms in total. The molecule has 39 heavy (non-hydrogen) atoms. The molecule has 2 aromatic rings. The second kappa shape index (κ2) is 12.6. The molecule has 4 rings (SSSR count). The van der Waals surface area contributed by atoms with Crippen LogP contribution in [0.2, 0.25) is 5.02 Å². The highest BCUT2D eigenvalue weighted by Gasteiger charge is 2.34. The molecule has 2 heterocycles. The van der Waals surface area contributed by atoms with Crippen molar-refractivity contribution in [2.45, 2.75) is 69.7 Å². The lowest BCUT2D eigenvalue weighted by atomic mass is 9.93. The van der Waals surface area contributed by atoms with Gasteiger partial charge in [0.15, 0.2) is 0 Å². The Morgan fingerprint density at radius 3 is 2.51 bits per heavy atom. The number of nitrogens with zero attached hydrogens (tertiary/aromatic N) is 1. The number of alkyl carbamates (subject to hydrolysis) is 1. The van der Waals surface area contributed by atoms with Gasteiger partial charge in [-0.2, -0.15) is 0 Å². The van der Waals surface area contributed by atoms with Gasteiger partial charge >= 0.3 is 6.09 Å². The van der Waals surface area contributed by atoms with Crippen molar-refractivity contribution in [3.63, 3.8) is 0 Å². The molecule has 0 aromatic heterocycles. The molecule has 210 valence electrons. The number of amides is 3. The number of halogens is 1. The van der Waals surface area contributed by atoms with Crippen LogP contribution >= 0.6 is 23.4 Å². The fraction of sp³-hybridized carbons (Fsp3) is 0.483. The molecule has 0 aliphatic carbocycles. The third-order valence-corrected chi connectivity index (χ3v) is 8.17. The van der Waals surface area contributed by atoms with Gasteiger partial charge in [-0.25, -0.2) is 4.79 Å². The van der Waals surface area contributed by atoms with Crippen LogP contribution in [-0.4, -0.2) is 54.6 Å². The molecule has 1 fully saturated rings. The summed E-state index contributed by atoms with van der Waals surface area (Å²) in [4.78, 5) is 42.1. The van der Waals surface area contributed by atoms with Crippen LogP contribution in [0.25, 0.3) is 0 Å². The van der Waals surface area contributed by atoms with Crippen LogP contribution < -0.4 is 15.5 Å². The molecule has 2 aromatic carbocycles. The van der Waals surface area contributed by atoms with E-state index in [0.29, 0.717) is 41.2 Å². The Morgan fingerprint density at radius 1 is 1.15 bits per heavy atom.